The van der Waals surface area contributed by atoms with Crippen LogP contribution < -0.4 is 16.2 Å². The van der Waals surface area contributed by atoms with E-state index in [0.717, 1.165) is 0 Å². The van der Waals surface area contributed by atoms with Crippen molar-refractivity contribution >= 4 is 38.9 Å². The molecular weight excluding hydrogens is 314 g/mol. The van der Waals surface area contributed by atoms with Gasteiger partial charge in [0, 0.05) is 0 Å². The van der Waals surface area contributed by atoms with Gasteiger partial charge in [-0.3, -0.25) is 4.79 Å². The van der Waals surface area contributed by atoms with Crippen molar-refractivity contribution in [3.05, 3.63) is 53.1 Å². The number of hydrogen-bond acceptors (Lipinski definition) is 4. The zero-order valence-corrected chi connectivity index (χ0v) is 12.3. The summed E-state index contributed by atoms with van der Waals surface area (Å²) in [6.45, 7) is 0. The molecule has 2 rings (SSSR count). The summed E-state index contributed by atoms with van der Waals surface area (Å²) in [6.07, 6.45) is 0. The lowest BCUT2D eigenvalue weighted by Gasteiger charge is -2.11. The van der Waals surface area contributed by atoms with Gasteiger partial charge in [-0.25, -0.2) is 13.6 Å². The fourth-order valence-corrected chi connectivity index (χ4v) is 2.64. The van der Waals surface area contributed by atoms with Crippen molar-refractivity contribution in [2.75, 3.05) is 11.1 Å². The Morgan fingerprint density at radius 1 is 1.10 bits per heavy atom. The quantitative estimate of drug-likeness (QED) is 0.746. The predicted molar refractivity (Wildman–Crippen MR) is 81.6 cm³/mol. The molecule has 6 nitrogen and oxygen atoms in total. The average Bonchev–Trinajstić information content (AvgIpc) is 2.41. The number of para-hydroxylation sites is 1. The van der Waals surface area contributed by atoms with Gasteiger partial charge < -0.3 is 11.1 Å². The molecule has 0 saturated heterocycles. The van der Waals surface area contributed by atoms with E-state index in [0.29, 0.717) is 0 Å². The number of nitrogens with one attached hydrogen (secondary N) is 1. The van der Waals surface area contributed by atoms with Gasteiger partial charge in [-0.15, -0.1) is 0 Å². The minimum Gasteiger partial charge on any atom is -0.398 e. The lowest BCUT2D eigenvalue weighted by molar-refractivity contribution is 0.102. The Morgan fingerprint density at radius 3 is 2.43 bits per heavy atom. The molecule has 1 amide bonds. The maximum absolute atomic E-state index is 12.2. The molecule has 0 aliphatic heterocycles. The first-order valence-corrected chi connectivity index (χ1v) is 7.70. The lowest BCUT2D eigenvalue weighted by Crippen LogP contribution is -2.18. The van der Waals surface area contributed by atoms with Gasteiger partial charge in [0.05, 0.1) is 22.0 Å². The van der Waals surface area contributed by atoms with E-state index >= 15 is 0 Å². The standard InChI is InChI=1S/C13H12ClN3O3S/c14-12-8(4-3-5-9(12)15)13(18)17-10-6-1-2-7-11(10)21(16,19)20/h1-7H,15H2,(H,17,18)(H2,16,19,20). The zero-order chi connectivity index (χ0) is 15.6. The molecule has 5 N–H and O–H groups in total. The first-order chi connectivity index (χ1) is 9.80. The van der Waals surface area contributed by atoms with Crippen molar-refractivity contribution in [3.8, 4) is 0 Å². The minimum absolute atomic E-state index is 0.0727. The van der Waals surface area contributed by atoms with Crippen molar-refractivity contribution in [1.29, 1.82) is 0 Å². The summed E-state index contributed by atoms with van der Waals surface area (Å²) >= 11 is 5.96. The lowest BCUT2D eigenvalue weighted by atomic mass is 10.2. The highest BCUT2D eigenvalue weighted by Gasteiger charge is 2.17. The van der Waals surface area contributed by atoms with Crippen molar-refractivity contribution in [2.45, 2.75) is 4.90 Å². The smallest absolute Gasteiger partial charge is 0.257 e. The average molecular weight is 326 g/mol. The van der Waals surface area contributed by atoms with E-state index in [1.165, 1.54) is 24.3 Å². The summed E-state index contributed by atoms with van der Waals surface area (Å²) in [5.41, 5.74) is 6.09. The Morgan fingerprint density at radius 2 is 1.76 bits per heavy atom. The zero-order valence-electron chi connectivity index (χ0n) is 10.7. The van der Waals surface area contributed by atoms with Gasteiger partial charge in [0.15, 0.2) is 0 Å². The van der Waals surface area contributed by atoms with Crippen molar-refractivity contribution in [2.24, 2.45) is 5.14 Å². The van der Waals surface area contributed by atoms with Crippen LogP contribution in [0.1, 0.15) is 10.4 Å². The molecule has 2 aromatic carbocycles. The number of hydrogen-bond donors (Lipinski definition) is 3. The van der Waals surface area contributed by atoms with Crippen molar-refractivity contribution < 1.29 is 13.2 Å². The number of primary sulfonamides is 1. The van der Waals surface area contributed by atoms with Crippen LogP contribution in [-0.4, -0.2) is 14.3 Å². The molecule has 0 radical (unpaired) electrons. The van der Waals surface area contributed by atoms with Gasteiger partial charge in [-0.05, 0) is 24.3 Å². The van der Waals surface area contributed by atoms with Gasteiger partial charge >= 0.3 is 0 Å². The fourth-order valence-electron chi connectivity index (χ4n) is 1.73. The molecule has 110 valence electrons. The van der Waals surface area contributed by atoms with Crippen LogP contribution in [0.4, 0.5) is 11.4 Å². The van der Waals surface area contributed by atoms with Gasteiger partial charge in [-0.2, -0.15) is 0 Å². The summed E-state index contributed by atoms with van der Waals surface area (Å²) in [6, 6.07) is 10.4. The second-order valence-corrected chi connectivity index (χ2v) is 6.11. The Hall–Kier alpha value is -2.09. The molecule has 0 aromatic heterocycles. The van der Waals surface area contributed by atoms with E-state index in [-0.39, 0.29) is 26.9 Å². The summed E-state index contributed by atoms with van der Waals surface area (Å²) < 4.78 is 22.9. The third kappa shape index (κ3) is 3.33. The number of rotatable bonds is 3. The third-order valence-corrected chi connectivity index (χ3v) is 4.11. The number of amides is 1. The summed E-state index contributed by atoms with van der Waals surface area (Å²) in [5.74, 6) is -0.580. The number of carbonyl (C=O) groups is 1. The highest BCUT2D eigenvalue weighted by Crippen LogP contribution is 2.25. The SMILES string of the molecule is Nc1cccc(C(=O)Nc2ccccc2S(N)(=O)=O)c1Cl. The van der Waals surface area contributed by atoms with Crippen molar-refractivity contribution in [1.82, 2.24) is 0 Å². The molecule has 0 fully saturated rings. The normalized spacial score (nSPS) is 11.1. The van der Waals surface area contributed by atoms with Crippen LogP contribution in [0, 0.1) is 0 Å². The molecule has 0 spiro atoms. The largest absolute Gasteiger partial charge is 0.398 e. The summed E-state index contributed by atoms with van der Waals surface area (Å²) in [4.78, 5) is 12.0. The molecular formula is C13H12ClN3O3S. The number of sulfonamides is 1. The van der Waals surface area contributed by atoms with Crippen molar-refractivity contribution in [3.63, 3.8) is 0 Å². The van der Waals surface area contributed by atoms with Crippen LogP contribution >= 0.6 is 11.6 Å². The highest BCUT2D eigenvalue weighted by atomic mass is 35.5. The van der Waals surface area contributed by atoms with E-state index in [1.807, 2.05) is 0 Å². The van der Waals surface area contributed by atoms with Gasteiger partial charge in [-0.1, -0.05) is 29.8 Å². The number of benzene rings is 2. The molecule has 0 heterocycles. The predicted octanol–water partition coefficient (Wildman–Crippen LogP) is 1.82. The Bertz CT molecular complexity index is 806. The minimum atomic E-state index is -3.95. The fraction of sp³-hybridized carbons (Fsp3) is 0. The van der Waals surface area contributed by atoms with Crippen LogP contribution in [0.5, 0.6) is 0 Å². The van der Waals surface area contributed by atoms with E-state index < -0.39 is 15.9 Å². The number of halogens is 1. The number of anilines is 2. The molecule has 0 atom stereocenters. The molecule has 0 bridgehead atoms. The van der Waals surface area contributed by atoms with E-state index in [2.05, 4.69) is 5.32 Å². The Kier molecular flexibility index (Phi) is 4.17. The molecule has 2 aromatic rings. The van der Waals surface area contributed by atoms with Gasteiger partial charge in [0.1, 0.15) is 4.90 Å². The maximum atomic E-state index is 12.2. The summed E-state index contributed by atoms with van der Waals surface area (Å²) in [5, 5.41) is 7.66. The van der Waals surface area contributed by atoms with Crippen LogP contribution in [0.15, 0.2) is 47.4 Å². The second-order valence-electron chi connectivity index (χ2n) is 4.20. The number of carbonyl (C=O) groups excluding carboxylic acids is 1. The molecule has 21 heavy (non-hydrogen) atoms. The highest BCUT2D eigenvalue weighted by molar-refractivity contribution is 7.89. The van der Waals surface area contributed by atoms with Crippen LogP contribution in [0.25, 0.3) is 0 Å². The molecule has 0 aliphatic rings. The van der Waals surface area contributed by atoms with Crippen LogP contribution in [0.2, 0.25) is 5.02 Å². The summed E-state index contributed by atoms with van der Waals surface area (Å²) in [7, 11) is -3.95. The van der Waals surface area contributed by atoms with Gasteiger partial charge in [0.2, 0.25) is 10.0 Å². The second kappa shape index (κ2) is 5.72. The number of nitrogen functional groups attached to an aromatic ring is 1. The van der Waals surface area contributed by atoms with Crippen LogP contribution in [0.3, 0.4) is 0 Å². The van der Waals surface area contributed by atoms with E-state index in [9.17, 15) is 13.2 Å². The maximum Gasteiger partial charge on any atom is 0.257 e. The van der Waals surface area contributed by atoms with E-state index in [1.54, 1.807) is 18.2 Å². The van der Waals surface area contributed by atoms with E-state index in [4.69, 9.17) is 22.5 Å². The van der Waals surface area contributed by atoms with Gasteiger partial charge in [0.25, 0.3) is 5.91 Å². The Balaban J connectivity index is 2.40. The molecule has 0 unspecified atom stereocenters. The first kappa shape index (κ1) is 15.3. The number of nitrogens with two attached hydrogens (primary N) is 2. The first-order valence-electron chi connectivity index (χ1n) is 5.78. The molecule has 0 aliphatic carbocycles. The molecule has 0 saturated carbocycles. The Labute approximate surface area is 126 Å². The monoisotopic (exact) mass is 325 g/mol. The van der Waals surface area contributed by atoms with Crippen LogP contribution in [-0.2, 0) is 10.0 Å². The third-order valence-electron chi connectivity index (χ3n) is 2.72. The topological polar surface area (TPSA) is 115 Å². The molecule has 8 heteroatoms.